The molecule has 35 heteroatoms. The van der Waals surface area contributed by atoms with E-state index < -0.39 is 102 Å². The molecule has 0 saturated carbocycles. The van der Waals surface area contributed by atoms with Gasteiger partial charge in [0.1, 0.15) is 6.42 Å². The van der Waals surface area contributed by atoms with Gasteiger partial charge >= 0.3 is 41.0 Å². The normalized spacial score (nSPS) is 12.8. The van der Waals surface area contributed by atoms with Crippen LogP contribution in [-0.4, -0.2) is 107 Å². The van der Waals surface area contributed by atoms with Gasteiger partial charge in [0.2, 0.25) is 16.6 Å². The number of esters is 2. The van der Waals surface area contributed by atoms with Crippen molar-refractivity contribution >= 4 is 98.5 Å². The summed E-state index contributed by atoms with van der Waals surface area (Å²) in [6.45, 7) is -0.365. The molecule has 0 spiro atoms. The van der Waals surface area contributed by atoms with Gasteiger partial charge in [0, 0.05) is 6.92 Å². The Kier molecular flexibility index (Phi) is 34.2. The summed E-state index contributed by atoms with van der Waals surface area (Å²) in [5, 5.41) is -5.70. The van der Waals surface area contributed by atoms with Crippen molar-refractivity contribution in [2.45, 2.75) is 117 Å². The zero-order chi connectivity index (χ0) is 78.6. The molecule has 0 aromatic heterocycles. The number of aliphatic hydroxyl groups excluding tert-OH is 1. The molecule has 0 saturated heterocycles. The summed E-state index contributed by atoms with van der Waals surface area (Å²) in [7, 11) is -13.6. The molecule has 0 bridgehead atoms. The van der Waals surface area contributed by atoms with Gasteiger partial charge in [-0.15, -0.1) is 0 Å². The van der Waals surface area contributed by atoms with E-state index in [1.54, 1.807) is 0 Å². The van der Waals surface area contributed by atoms with Crippen LogP contribution in [0.15, 0.2) is 317 Å². The highest BCUT2D eigenvalue weighted by Crippen LogP contribution is 2.40. The highest BCUT2D eigenvalue weighted by Gasteiger charge is 2.63. The highest BCUT2D eigenvalue weighted by molar-refractivity contribution is 7.97. The minimum Gasteiger partial charge on any atom is -0.743 e. The average molecular weight is 1620 g/mol. The summed E-state index contributed by atoms with van der Waals surface area (Å²) < 4.78 is 249. The first-order valence-electron chi connectivity index (χ1n) is 29.3. The van der Waals surface area contributed by atoms with Gasteiger partial charge in [-0.3, -0.25) is 19.2 Å². The molecular weight excluding hydrogens is 1560 g/mol. The van der Waals surface area contributed by atoms with E-state index in [2.05, 4.69) is 282 Å². The van der Waals surface area contributed by atoms with Crippen LogP contribution >= 0.6 is 23.2 Å². The molecule has 0 aliphatic carbocycles. The van der Waals surface area contributed by atoms with E-state index in [1.165, 1.54) is 44.1 Å². The molecule has 0 aliphatic heterocycles. The van der Waals surface area contributed by atoms with E-state index in [1.807, 2.05) is 0 Å². The van der Waals surface area contributed by atoms with Crippen LogP contribution in [0.1, 0.15) is 19.8 Å². The van der Waals surface area contributed by atoms with Gasteiger partial charge in [0.15, 0.2) is 64.3 Å². The number of carbonyl (C=O) groups is 4. The van der Waals surface area contributed by atoms with E-state index in [4.69, 9.17) is 28.3 Å². The van der Waals surface area contributed by atoms with Crippen molar-refractivity contribution in [2.24, 2.45) is 0 Å². The number of hydrogen-bond donors (Lipinski definition) is 1. The number of alkyl halides is 15. The number of ether oxygens (including phenoxy) is 2. The predicted molar refractivity (Wildman–Crippen MR) is 359 cm³/mol. The van der Waals surface area contributed by atoms with Gasteiger partial charge < -0.3 is 23.7 Å². The molecule has 0 heterocycles. The van der Waals surface area contributed by atoms with Crippen LogP contribution in [0.4, 0.5) is 65.9 Å². The van der Waals surface area contributed by atoms with Crippen molar-refractivity contribution in [2.75, 3.05) is 0 Å². The van der Waals surface area contributed by atoms with Gasteiger partial charge in [0.25, 0.3) is 18.1 Å². The molecule has 0 amide bonds. The fraction of sp³-hybridized carbons (Fsp3) is 0.171. The van der Waals surface area contributed by atoms with Crippen LogP contribution in [0.3, 0.4) is 0 Å². The van der Waals surface area contributed by atoms with Crippen molar-refractivity contribution in [1.82, 2.24) is 0 Å². The maximum absolute atomic E-state index is 13.0. The molecule has 562 valence electrons. The van der Waals surface area contributed by atoms with Gasteiger partial charge in [-0.2, -0.15) is 57.1 Å². The topological polar surface area (TPSA) is 221 Å². The van der Waals surface area contributed by atoms with Crippen LogP contribution in [0.5, 0.6) is 0 Å². The van der Waals surface area contributed by atoms with Gasteiger partial charge in [-0.25, -0.2) is 25.6 Å². The van der Waals surface area contributed by atoms with Crippen LogP contribution < -0.4 is 0 Å². The Bertz CT molecular complexity index is 3760. The maximum Gasteiger partial charge on any atom is 0.432 e. The van der Waals surface area contributed by atoms with Crippen LogP contribution in [0.25, 0.3) is 0 Å². The molecule has 3 atom stereocenters. The Hall–Kier alpha value is -8.38. The third-order valence-electron chi connectivity index (χ3n) is 12.5. The van der Waals surface area contributed by atoms with E-state index in [-0.39, 0.29) is 46.0 Å². The SMILES string of the molecule is CC(F)(F)C(OC(=O)CC(=O)OC(C(F)(F)F)C(F)(F)S(=O)(=O)[O-])C(F)(F)F.O=C(Cl)CC(=O)Cl.O=S(=O)([O-])C(F)(F)C(O)C(F)(F)F.c1ccc([S+](c2ccccc2)c2ccccc2)cc1.c1ccc([S+](c2ccccc2)c2ccccc2)cc1.c1ccc([S+](c2ccccc2)c2ccccc2)cc1. The van der Waals surface area contributed by atoms with Crippen molar-refractivity contribution in [1.29, 1.82) is 0 Å². The van der Waals surface area contributed by atoms with Crippen molar-refractivity contribution < 1.29 is 126 Å². The van der Waals surface area contributed by atoms with Crippen molar-refractivity contribution in [3.8, 4) is 0 Å². The fourth-order valence-electron chi connectivity index (χ4n) is 8.05. The Balaban J connectivity index is 0.000000275. The van der Waals surface area contributed by atoms with Crippen molar-refractivity contribution in [3.05, 3.63) is 273 Å². The minimum atomic E-state index is -7.06. The largest absolute Gasteiger partial charge is 0.743 e. The minimum absolute atomic E-state index is 0.0146. The summed E-state index contributed by atoms with van der Waals surface area (Å²) in [5.74, 6) is -10.1. The molecule has 13 nitrogen and oxygen atoms in total. The summed E-state index contributed by atoms with van der Waals surface area (Å²) >= 11 is 9.46. The molecule has 0 radical (unpaired) electrons. The molecule has 105 heavy (non-hydrogen) atoms. The smallest absolute Gasteiger partial charge is 0.432 e. The van der Waals surface area contributed by atoms with E-state index in [0.717, 1.165) is 0 Å². The van der Waals surface area contributed by atoms with E-state index in [9.17, 15) is 111 Å². The Morgan fingerprint density at radius 2 is 0.524 bits per heavy atom. The zero-order valence-corrected chi connectivity index (χ0v) is 59.0. The van der Waals surface area contributed by atoms with Crippen molar-refractivity contribution in [3.63, 3.8) is 0 Å². The monoisotopic (exact) mass is 1620 g/mol. The first-order chi connectivity index (χ1) is 48.9. The first-order valence-corrected chi connectivity index (χ1v) is 36.5. The Labute approximate surface area is 610 Å². The molecule has 3 unspecified atom stereocenters. The number of hydrogen-bond acceptors (Lipinski definition) is 13. The lowest BCUT2D eigenvalue weighted by molar-refractivity contribution is -0.274. The maximum atomic E-state index is 13.0. The van der Waals surface area contributed by atoms with Crippen LogP contribution in [0, 0.1) is 0 Å². The average Bonchev–Trinajstić information content (AvgIpc) is 0.782. The molecule has 9 aromatic rings. The summed E-state index contributed by atoms with van der Waals surface area (Å²) in [6.07, 6.45) is -34.5. The molecule has 9 rings (SSSR count). The standard InChI is InChI=1S/3C18H15S.C10H8F10O7S.C3H2Cl2O2.C3H3F5O4S/c3*1-4-10-16(11-5-1)19(17-12-6-2-7-13-17)18-14-8-3-9-15-18;1-7(11,12)5(8(13,14)15)26-3(21)2-4(22)27-6(9(16,17)18)10(19,20)28(23,24)25;4-2(6)1-3(5)7;4-2(5,6)1(9)3(7,8)13(10,11)12/h3*1-15H;5-6H,2H2,1H3,(H,23,24,25);1H2;1,9H,(H,10,11,12)/q3*+1;;;/p-2. The third kappa shape index (κ3) is 29.1. The summed E-state index contributed by atoms with van der Waals surface area (Å²) in [5.41, 5.74) is 0. The van der Waals surface area contributed by atoms with Crippen LogP contribution in [-0.2, 0) is 81.6 Å². The first kappa shape index (κ1) is 89.0. The summed E-state index contributed by atoms with van der Waals surface area (Å²) in [6, 6.07) is 96.5. The van der Waals surface area contributed by atoms with E-state index >= 15 is 0 Å². The lowest BCUT2D eigenvalue weighted by Crippen LogP contribution is -2.52. The Morgan fingerprint density at radius 1 is 0.343 bits per heavy atom. The zero-order valence-electron chi connectivity index (χ0n) is 53.4. The lowest BCUT2D eigenvalue weighted by atomic mass is 10.2. The number of aliphatic hydroxyl groups is 1. The number of rotatable bonds is 20. The molecule has 9 aromatic carbocycles. The molecule has 0 aliphatic rings. The second kappa shape index (κ2) is 40.4. The number of halogens is 17. The highest BCUT2D eigenvalue weighted by atomic mass is 35.5. The molecule has 1 N–H and O–H groups in total. The molecular formula is C70H56Cl2F15O13S5+. The van der Waals surface area contributed by atoms with Gasteiger partial charge in [-0.1, -0.05) is 164 Å². The second-order valence-corrected chi connectivity index (χ2v) is 30.4. The summed E-state index contributed by atoms with van der Waals surface area (Å²) in [4.78, 5) is 53.8. The third-order valence-corrected chi connectivity index (χ3v) is 21.3. The quantitative estimate of drug-likeness (QED) is 0.0188. The predicted octanol–water partition coefficient (Wildman–Crippen LogP) is 17.4. The fourth-order valence-corrected chi connectivity index (χ4v) is 15.5. The van der Waals surface area contributed by atoms with Gasteiger partial charge in [0.05, 0.1) is 39.1 Å². The Morgan fingerprint density at radius 3 is 0.648 bits per heavy atom. The van der Waals surface area contributed by atoms with E-state index in [0.29, 0.717) is 0 Å². The number of benzene rings is 9. The number of carbonyl (C=O) groups excluding carboxylic acids is 4. The second-order valence-electron chi connectivity index (χ2n) is 20.6. The van der Waals surface area contributed by atoms with Crippen LogP contribution in [0.2, 0.25) is 0 Å². The lowest BCUT2D eigenvalue weighted by Gasteiger charge is -2.29. The molecule has 0 fully saturated rings. The van der Waals surface area contributed by atoms with Gasteiger partial charge in [-0.05, 0) is 132 Å².